The molecule has 0 saturated heterocycles. The molecule has 1 aromatic rings. The Bertz CT molecular complexity index is 577. The van der Waals surface area contributed by atoms with Crippen molar-refractivity contribution in [2.24, 2.45) is 5.92 Å². The predicted octanol–water partition coefficient (Wildman–Crippen LogP) is 1.86. The largest absolute Gasteiger partial charge is 0.399 e. The van der Waals surface area contributed by atoms with E-state index >= 15 is 0 Å². The summed E-state index contributed by atoms with van der Waals surface area (Å²) in [7, 11) is -3.64. The van der Waals surface area contributed by atoms with E-state index in [0.29, 0.717) is 10.2 Å². The summed E-state index contributed by atoms with van der Waals surface area (Å²) in [6, 6.07) is 4.48. The summed E-state index contributed by atoms with van der Waals surface area (Å²) in [5, 5.41) is 9.36. The van der Waals surface area contributed by atoms with Crippen LogP contribution in [0.2, 0.25) is 0 Å². The molecule has 1 aromatic carbocycles. The summed E-state index contributed by atoms with van der Waals surface area (Å²) in [5.74, 6) is -0.0154. The van der Waals surface area contributed by atoms with Gasteiger partial charge in [0.1, 0.15) is 0 Å². The molecule has 1 fully saturated rings. The highest BCUT2D eigenvalue weighted by atomic mass is 79.9. The number of nitrogen functional groups attached to an aromatic ring is 1. The molecule has 20 heavy (non-hydrogen) atoms. The number of aliphatic hydroxyl groups excluding tert-OH is 1. The Labute approximate surface area is 127 Å². The summed E-state index contributed by atoms with van der Waals surface area (Å²) in [5.41, 5.74) is 6.06. The van der Waals surface area contributed by atoms with Crippen LogP contribution < -0.4 is 10.5 Å². The number of aliphatic hydroxyl groups is 1. The van der Waals surface area contributed by atoms with E-state index in [1.165, 1.54) is 6.07 Å². The normalized spacial score (nSPS) is 23.7. The molecule has 0 radical (unpaired) electrons. The molecule has 7 heteroatoms. The number of halogens is 1. The first-order chi connectivity index (χ1) is 9.44. The van der Waals surface area contributed by atoms with Gasteiger partial charge in [-0.3, -0.25) is 0 Å². The predicted molar refractivity (Wildman–Crippen MR) is 81.7 cm³/mol. The average Bonchev–Trinajstić information content (AvgIpc) is 2.41. The highest BCUT2D eigenvalue weighted by molar-refractivity contribution is 9.10. The van der Waals surface area contributed by atoms with E-state index in [1.807, 2.05) is 0 Å². The third-order valence-corrected chi connectivity index (χ3v) is 6.18. The lowest BCUT2D eigenvalue weighted by Crippen LogP contribution is -2.43. The summed E-state index contributed by atoms with van der Waals surface area (Å²) >= 11 is 3.24. The Hall–Kier alpha value is -0.630. The first-order valence-electron chi connectivity index (χ1n) is 6.62. The van der Waals surface area contributed by atoms with Crippen LogP contribution in [0, 0.1) is 5.92 Å². The van der Waals surface area contributed by atoms with Crippen molar-refractivity contribution in [3.63, 3.8) is 0 Å². The zero-order valence-corrected chi connectivity index (χ0v) is 13.5. The van der Waals surface area contributed by atoms with Crippen molar-refractivity contribution in [2.45, 2.75) is 36.6 Å². The van der Waals surface area contributed by atoms with Crippen molar-refractivity contribution in [3.05, 3.63) is 22.7 Å². The second kappa shape index (κ2) is 6.43. The van der Waals surface area contributed by atoms with Crippen LogP contribution in [-0.2, 0) is 10.0 Å². The van der Waals surface area contributed by atoms with Gasteiger partial charge in [-0.2, -0.15) is 0 Å². The molecule has 0 aliphatic heterocycles. The Kier molecular flexibility index (Phi) is 5.06. The summed E-state index contributed by atoms with van der Waals surface area (Å²) in [6.07, 6.45) is 3.61. The number of hydrogen-bond acceptors (Lipinski definition) is 4. The molecule has 1 saturated carbocycles. The lowest BCUT2D eigenvalue weighted by Gasteiger charge is -2.30. The van der Waals surface area contributed by atoms with Gasteiger partial charge in [0, 0.05) is 22.8 Å². The fraction of sp³-hybridized carbons (Fsp3) is 0.538. The Morgan fingerprint density at radius 3 is 2.75 bits per heavy atom. The Balaban J connectivity index is 2.24. The minimum Gasteiger partial charge on any atom is -0.399 e. The van der Waals surface area contributed by atoms with Crippen LogP contribution in [0.4, 0.5) is 5.69 Å². The van der Waals surface area contributed by atoms with Gasteiger partial charge in [0.2, 0.25) is 10.0 Å². The average molecular weight is 363 g/mol. The first kappa shape index (κ1) is 15.8. The van der Waals surface area contributed by atoms with Crippen molar-refractivity contribution >= 4 is 31.6 Å². The molecule has 2 rings (SSSR count). The molecule has 5 nitrogen and oxygen atoms in total. The summed E-state index contributed by atoms with van der Waals surface area (Å²) < 4.78 is 28.1. The van der Waals surface area contributed by atoms with Crippen molar-refractivity contribution < 1.29 is 13.5 Å². The number of anilines is 1. The van der Waals surface area contributed by atoms with Gasteiger partial charge in [0.15, 0.2) is 0 Å². The van der Waals surface area contributed by atoms with Crippen LogP contribution in [0.5, 0.6) is 0 Å². The molecule has 0 bridgehead atoms. The molecule has 2 unspecified atom stereocenters. The van der Waals surface area contributed by atoms with Crippen molar-refractivity contribution in [3.8, 4) is 0 Å². The van der Waals surface area contributed by atoms with Crippen LogP contribution in [-0.4, -0.2) is 26.2 Å². The van der Waals surface area contributed by atoms with Gasteiger partial charge in [-0.15, -0.1) is 0 Å². The Morgan fingerprint density at radius 1 is 1.35 bits per heavy atom. The van der Waals surface area contributed by atoms with Crippen molar-refractivity contribution in [2.75, 3.05) is 12.3 Å². The number of rotatable bonds is 4. The molecule has 1 aliphatic carbocycles. The lowest BCUT2D eigenvalue weighted by molar-refractivity contribution is 0.164. The highest BCUT2D eigenvalue weighted by Gasteiger charge is 2.29. The molecular weight excluding hydrogens is 344 g/mol. The topological polar surface area (TPSA) is 92.4 Å². The number of sulfonamides is 1. The SMILES string of the molecule is Nc1ccc(Br)c(S(=O)(=O)NC2CCCCC2CO)c1. The molecule has 2 atom stereocenters. The van der Waals surface area contributed by atoms with E-state index in [1.54, 1.807) is 12.1 Å². The standard InChI is InChI=1S/C13H19BrN2O3S/c14-11-6-5-10(15)7-13(11)20(18,19)16-12-4-2-1-3-9(12)8-17/h5-7,9,12,16-17H,1-4,8,15H2. The molecule has 0 aromatic heterocycles. The van der Waals surface area contributed by atoms with Crippen LogP contribution >= 0.6 is 15.9 Å². The third kappa shape index (κ3) is 3.52. The number of nitrogens with two attached hydrogens (primary N) is 1. The van der Waals surface area contributed by atoms with Crippen LogP contribution in [0.25, 0.3) is 0 Å². The van der Waals surface area contributed by atoms with E-state index < -0.39 is 10.0 Å². The number of nitrogens with one attached hydrogen (secondary N) is 1. The van der Waals surface area contributed by atoms with E-state index in [9.17, 15) is 13.5 Å². The summed E-state index contributed by atoms with van der Waals surface area (Å²) in [6.45, 7) is 0.00524. The van der Waals surface area contributed by atoms with Crippen molar-refractivity contribution in [1.82, 2.24) is 4.72 Å². The zero-order chi connectivity index (χ0) is 14.8. The Morgan fingerprint density at radius 2 is 2.05 bits per heavy atom. The molecule has 0 heterocycles. The van der Waals surface area contributed by atoms with Gasteiger partial charge in [-0.25, -0.2) is 13.1 Å². The molecule has 4 N–H and O–H groups in total. The third-order valence-electron chi connectivity index (χ3n) is 3.69. The van der Waals surface area contributed by atoms with Crippen LogP contribution in [0.15, 0.2) is 27.6 Å². The van der Waals surface area contributed by atoms with Crippen LogP contribution in [0.3, 0.4) is 0 Å². The second-order valence-corrected chi connectivity index (χ2v) is 7.68. The zero-order valence-electron chi connectivity index (χ0n) is 11.0. The maximum absolute atomic E-state index is 12.5. The number of hydrogen-bond donors (Lipinski definition) is 3. The van der Waals surface area contributed by atoms with Gasteiger partial charge in [-0.1, -0.05) is 12.8 Å². The van der Waals surface area contributed by atoms with Gasteiger partial charge < -0.3 is 10.8 Å². The number of benzene rings is 1. The van der Waals surface area contributed by atoms with E-state index in [4.69, 9.17) is 5.73 Å². The second-order valence-electron chi connectivity index (χ2n) is 5.14. The quantitative estimate of drug-likeness (QED) is 0.712. The van der Waals surface area contributed by atoms with Gasteiger partial charge >= 0.3 is 0 Å². The monoisotopic (exact) mass is 362 g/mol. The summed E-state index contributed by atoms with van der Waals surface area (Å²) in [4.78, 5) is 0.139. The first-order valence-corrected chi connectivity index (χ1v) is 8.90. The maximum Gasteiger partial charge on any atom is 0.242 e. The van der Waals surface area contributed by atoms with Crippen molar-refractivity contribution in [1.29, 1.82) is 0 Å². The molecular formula is C13H19BrN2O3S. The molecule has 112 valence electrons. The highest BCUT2D eigenvalue weighted by Crippen LogP contribution is 2.28. The fourth-order valence-corrected chi connectivity index (χ4v) is 4.91. The van der Waals surface area contributed by atoms with Gasteiger partial charge in [-0.05, 0) is 52.9 Å². The van der Waals surface area contributed by atoms with Gasteiger partial charge in [0.25, 0.3) is 0 Å². The molecule has 0 spiro atoms. The lowest BCUT2D eigenvalue weighted by atomic mass is 9.86. The smallest absolute Gasteiger partial charge is 0.242 e. The van der Waals surface area contributed by atoms with E-state index in [0.717, 1.165) is 25.7 Å². The maximum atomic E-state index is 12.5. The fourth-order valence-electron chi connectivity index (χ4n) is 2.57. The molecule has 0 amide bonds. The minimum atomic E-state index is -3.64. The van der Waals surface area contributed by atoms with Crippen LogP contribution in [0.1, 0.15) is 25.7 Å². The van der Waals surface area contributed by atoms with E-state index in [-0.39, 0.29) is 23.5 Å². The minimum absolute atomic E-state index is 0.00524. The van der Waals surface area contributed by atoms with E-state index in [2.05, 4.69) is 20.7 Å². The van der Waals surface area contributed by atoms with Gasteiger partial charge in [0.05, 0.1) is 4.90 Å². The molecule has 1 aliphatic rings.